The quantitative estimate of drug-likeness (QED) is 0.711. The Bertz CT molecular complexity index is 303. The van der Waals surface area contributed by atoms with Gasteiger partial charge in [0.2, 0.25) is 0 Å². The van der Waals surface area contributed by atoms with Crippen molar-refractivity contribution in [3.8, 4) is 0 Å². The van der Waals surface area contributed by atoms with E-state index in [2.05, 4.69) is 23.5 Å². The number of hydrogen-bond acceptors (Lipinski definition) is 1. The summed E-state index contributed by atoms with van der Waals surface area (Å²) in [6.45, 7) is 1.20. The van der Waals surface area contributed by atoms with Crippen molar-refractivity contribution < 1.29 is 0 Å². The largest absolute Gasteiger partial charge is 0.313 e. The van der Waals surface area contributed by atoms with Crippen molar-refractivity contribution in [1.82, 2.24) is 5.32 Å². The second-order valence-electron chi connectivity index (χ2n) is 5.66. The molecule has 3 unspecified atom stereocenters. The lowest BCUT2D eigenvalue weighted by atomic mass is 9.71. The molecule has 0 amide bonds. The van der Waals surface area contributed by atoms with Gasteiger partial charge in [-0.3, -0.25) is 0 Å². The van der Waals surface area contributed by atoms with Gasteiger partial charge in [-0.2, -0.15) is 0 Å². The van der Waals surface area contributed by atoms with Crippen LogP contribution in [0.25, 0.3) is 0 Å². The van der Waals surface area contributed by atoms with Gasteiger partial charge in [0.1, 0.15) is 0 Å². The highest BCUT2D eigenvalue weighted by atomic mass is 14.9. The van der Waals surface area contributed by atoms with Crippen LogP contribution in [0.4, 0.5) is 0 Å². The van der Waals surface area contributed by atoms with Crippen molar-refractivity contribution in [2.75, 3.05) is 6.54 Å². The van der Waals surface area contributed by atoms with Crippen molar-refractivity contribution in [2.24, 2.45) is 11.8 Å². The summed E-state index contributed by atoms with van der Waals surface area (Å²) in [6.07, 6.45) is 16.8. The van der Waals surface area contributed by atoms with Gasteiger partial charge in [0.25, 0.3) is 0 Å². The van der Waals surface area contributed by atoms with Gasteiger partial charge in [0, 0.05) is 6.04 Å². The summed E-state index contributed by atoms with van der Waals surface area (Å²) in [7, 11) is 0. The Kier molecular flexibility index (Phi) is 3.14. The van der Waals surface area contributed by atoms with E-state index in [1.807, 2.05) is 0 Å². The first-order chi connectivity index (χ1) is 7.93. The molecule has 1 heteroatoms. The average Bonchev–Trinajstić information content (AvgIpc) is 2.67. The number of hydrogen-bond donors (Lipinski definition) is 1. The first-order valence-electron chi connectivity index (χ1n) is 7.01. The van der Waals surface area contributed by atoms with Crippen molar-refractivity contribution in [2.45, 2.75) is 51.0 Å². The third-order valence-electron chi connectivity index (χ3n) is 4.60. The summed E-state index contributed by atoms with van der Waals surface area (Å²) in [6, 6.07) is 0.799. The van der Waals surface area contributed by atoms with E-state index in [1.165, 1.54) is 51.5 Å². The Labute approximate surface area is 99.0 Å². The highest BCUT2D eigenvalue weighted by molar-refractivity contribution is 5.13. The fourth-order valence-corrected chi connectivity index (χ4v) is 3.50. The molecule has 0 radical (unpaired) electrons. The van der Waals surface area contributed by atoms with Crippen LogP contribution in [0.3, 0.4) is 0 Å². The molecule has 1 N–H and O–H groups in total. The summed E-state index contributed by atoms with van der Waals surface area (Å²) >= 11 is 0. The van der Waals surface area contributed by atoms with E-state index in [9.17, 15) is 0 Å². The average molecular weight is 217 g/mol. The molecule has 3 aliphatic carbocycles. The maximum atomic E-state index is 3.75. The van der Waals surface area contributed by atoms with Crippen molar-refractivity contribution in [3.05, 3.63) is 23.8 Å². The zero-order valence-electron chi connectivity index (χ0n) is 10.1. The van der Waals surface area contributed by atoms with Gasteiger partial charge >= 0.3 is 0 Å². The second kappa shape index (κ2) is 4.75. The Morgan fingerprint density at radius 1 is 1.31 bits per heavy atom. The summed E-state index contributed by atoms with van der Waals surface area (Å²) in [5, 5.41) is 3.75. The SMILES string of the molecule is C1=CC2C(C1)CC2NCCC1=CCCCC1. The van der Waals surface area contributed by atoms with Crippen LogP contribution in [-0.2, 0) is 0 Å². The monoisotopic (exact) mass is 217 g/mol. The van der Waals surface area contributed by atoms with E-state index >= 15 is 0 Å². The van der Waals surface area contributed by atoms with Crippen LogP contribution in [0.15, 0.2) is 23.8 Å². The molecule has 3 rings (SSSR count). The third kappa shape index (κ3) is 2.10. The Balaban J connectivity index is 1.37. The zero-order valence-corrected chi connectivity index (χ0v) is 10.1. The van der Waals surface area contributed by atoms with E-state index in [-0.39, 0.29) is 0 Å². The van der Waals surface area contributed by atoms with Crippen LogP contribution in [0.1, 0.15) is 44.9 Å². The minimum atomic E-state index is 0.799. The molecule has 1 saturated carbocycles. The fourth-order valence-electron chi connectivity index (χ4n) is 3.50. The Morgan fingerprint density at radius 3 is 3.12 bits per heavy atom. The fraction of sp³-hybridized carbons (Fsp3) is 0.733. The number of rotatable bonds is 4. The van der Waals surface area contributed by atoms with Gasteiger partial charge in [0.05, 0.1) is 0 Å². The van der Waals surface area contributed by atoms with E-state index in [1.54, 1.807) is 5.57 Å². The van der Waals surface area contributed by atoms with Crippen molar-refractivity contribution in [1.29, 1.82) is 0 Å². The minimum absolute atomic E-state index is 0.799. The third-order valence-corrected chi connectivity index (χ3v) is 4.60. The minimum Gasteiger partial charge on any atom is -0.313 e. The molecule has 0 aromatic rings. The summed E-state index contributed by atoms with van der Waals surface area (Å²) in [4.78, 5) is 0. The molecule has 0 bridgehead atoms. The molecule has 0 heterocycles. The van der Waals surface area contributed by atoms with Gasteiger partial charge in [-0.15, -0.1) is 0 Å². The Morgan fingerprint density at radius 2 is 2.31 bits per heavy atom. The molecule has 0 saturated heterocycles. The van der Waals surface area contributed by atoms with E-state index in [0.29, 0.717) is 0 Å². The molecule has 0 aromatic heterocycles. The maximum absolute atomic E-state index is 3.75. The van der Waals surface area contributed by atoms with Crippen LogP contribution >= 0.6 is 0 Å². The molecule has 1 fully saturated rings. The molecule has 1 nitrogen and oxygen atoms in total. The molecule has 3 atom stereocenters. The first kappa shape index (κ1) is 10.6. The molecular weight excluding hydrogens is 194 g/mol. The normalized spacial score (nSPS) is 36.8. The summed E-state index contributed by atoms with van der Waals surface area (Å²) < 4.78 is 0. The number of fused-ring (bicyclic) bond motifs is 1. The molecule has 16 heavy (non-hydrogen) atoms. The topological polar surface area (TPSA) is 12.0 Å². The zero-order chi connectivity index (χ0) is 10.8. The van der Waals surface area contributed by atoms with Gasteiger partial charge < -0.3 is 5.32 Å². The van der Waals surface area contributed by atoms with E-state index in [4.69, 9.17) is 0 Å². The summed E-state index contributed by atoms with van der Waals surface area (Å²) in [5.74, 6) is 1.87. The van der Waals surface area contributed by atoms with Crippen molar-refractivity contribution >= 4 is 0 Å². The van der Waals surface area contributed by atoms with Crippen LogP contribution in [0.5, 0.6) is 0 Å². The maximum Gasteiger partial charge on any atom is 0.0136 e. The predicted octanol–water partition coefficient (Wildman–Crippen LogP) is 3.43. The Hall–Kier alpha value is -0.560. The van der Waals surface area contributed by atoms with Crippen molar-refractivity contribution in [3.63, 3.8) is 0 Å². The lowest BCUT2D eigenvalue weighted by molar-refractivity contribution is 0.164. The molecule has 0 spiro atoms. The lowest BCUT2D eigenvalue weighted by Gasteiger charge is -2.41. The summed E-state index contributed by atoms with van der Waals surface area (Å²) in [5.41, 5.74) is 1.71. The molecule has 0 aromatic carbocycles. The van der Waals surface area contributed by atoms with Gasteiger partial charge in [-0.25, -0.2) is 0 Å². The van der Waals surface area contributed by atoms with Gasteiger partial charge in [-0.05, 0) is 63.3 Å². The van der Waals surface area contributed by atoms with Crippen LogP contribution in [0.2, 0.25) is 0 Å². The molecular formula is C15H23N. The second-order valence-corrected chi connectivity index (χ2v) is 5.66. The predicted molar refractivity (Wildman–Crippen MR) is 68.3 cm³/mol. The first-order valence-corrected chi connectivity index (χ1v) is 7.01. The van der Waals surface area contributed by atoms with Gasteiger partial charge in [0.15, 0.2) is 0 Å². The number of nitrogens with one attached hydrogen (secondary N) is 1. The highest BCUT2D eigenvalue weighted by Crippen LogP contribution is 2.42. The number of allylic oxidation sites excluding steroid dienone is 2. The highest BCUT2D eigenvalue weighted by Gasteiger charge is 2.40. The molecule has 0 aliphatic heterocycles. The van der Waals surface area contributed by atoms with Crippen LogP contribution in [0, 0.1) is 11.8 Å². The van der Waals surface area contributed by atoms with Gasteiger partial charge in [-0.1, -0.05) is 23.8 Å². The van der Waals surface area contributed by atoms with Crippen LogP contribution < -0.4 is 5.32 Å². The van der Waals surface area contributed by atoms with E-state index < -0.39 is 0 Å². The molecule has 88 valence electrons. The smallest absolute Gasteiger partial charge is 0.0136 e. The van der Waals surface area contributed by atoms with E-state index in [0.717, 1.165) is 17.9 Å². The lowest BCUT2D eigenvalue weighted by Crippen LogP contribution is -2.48. The standard InChI is InChI=1S/C15H23N/c1-2-5-12(6-3-1)9-10-16-15-11-13-7-4-8-14(13)15/h4-5,8,13-16H,1-3,6-7,9-11H2. The van der Waals surface area contributed by atoms with Crippen LogP contribution in [-0.4, -0.2) is 12.6 Å². The molecule has 3 aliphatic rings.